The molecule has 3 saturated heterocycles. The molecule has 0 atom stereocenters. The second kappa shape index (κ2) is 16.0. The number of piperidine rings is 1. The van der Waals surface area contributed by atoms with Crippen molar-refractivity contribution >= 4 is 57.6 Å². The molecule has 0 unspecified atom stereocenters. The largest absolute Gasteiger partial charge is 0.371 e. The number of urea groups is 1. The Balaban J connectivity index is 0.821. The van der Waals surface area contributed by atoms with Crippen LogP contribution in [-0.2, 0) is 4.79 Å². The standard InChI is InChI=1S/C42H52N10O4/c1-27-8-9-32(24-35(27)51-19-15-37(54)46-42(51)56)49-17-13-30(14-18-49)12-16-48-20-22-50(23-21-48)33-10-11-36(43-25-33)45-41-44-26-34-28(2)38(29(3)53)40(55)52(39(34)47-41)31-6-4-5-7-31/h8-11,24-26,30-31H,4-7,12-23H2,1-3H3,(H,46,54,56)(H,43,44,45,47). The SMILES string of the molecule is CC(=O)c1c(C)c2cnc(Nc3ccc(N4CCN(CCC5CCN(c6ccc(C)c(N7CCC(=O)NC7=O)c6)CC5)CC4)cn3)nc2n(C2CCCC2)c1=O. The number of fused-ring (bicyclic) bond motifs is 1. The Morgan fingerprint density at radius 1 is 0.857 bits per heavy atom. The lowest BCUT2D eigenvalue weighted by Crippen LogP contribution is -2.49. The van der Waals surface area contributed by atoms with E-state index < -0.39 is 0 Å². The van der Waals surface area contributed by atoms with E-state index in [0.29, 0.717) is 41.9 Å². The number of aryl methyl sites for hydroxylation is 2. The number of carbonyl (C=O) groups excluding carboxylic acids is 3. The number of benzene rings is 1. The Labute approximate surface area is 327 Å². The van der Waals surface area contributed by atoms with Crippen LogP contribution in [0.15, 0.2) is 47.5 Å². The molecular formula is C42H52N10O4. The lowest BCUT2D eigenvalue weighted by molar-refractivity contribution is -0.120. The van der Waals surface area contributed by atoms with E-state index in [1.165, 1.54) is 13.3 Å². The second-order valence-corrected chi connectivity index (χ2v) is 15.9. The molecule has 1 aliphatic carbocycles. The number of aromatic nitrogens is 4. The summed E-state index contributed by atoms with van der Waals surface area (Å²) in [5, 5.41) is 6.40. The van der Waals surface area contributed by atoms with Gasteiger partial charge in [0.05, 0.1) is 23.1 Å². The van der Waals surface area contributed by atoms with Crippen molar-refractivity contribution in [3.8, 4) is 0 Å². The van der Waals surface area contributed by atoms with Crippen molar-refractivity contribution in [1.29, 1.82) is 0 Å². The number of nitrogens with zero attached hydrogens (tertiary/aromatic N) is 8. The van der Waals surface area contributed by atoms with Crippen LogP contribution in [0, 0.1) is 19.8 Å². The fourth-order valence-corrected chi connectivity index (χ4v) is 9.02. The molecule has 2 N–H and O–H groups in total. The molecule has 294 valence electrons. The van der Waals surface area contributed by atoms with Gasteiger partial charge in [0.2, 0.25) is 11.9 Å². The maximum Gasteiger partial charge on any atom is 0.328 e. The van der Waals surface area contributed by atoms with Crippen molar-refractivity contribution in [2.45, 2.75) is 78.2 Å². The number of hydrogen-bond acceptors (Lipinski definition) is 11. The molecule has 0 spiro atoms. The van der Waals surface area contributed by atoms with Crippen molar-refractivity contribution in [3.05, 3.63) is 69.8 Å². The van der Waals surface area contributed by atoms with Gasteiger partial charge in [0.15, 0.2) is 5.78 Å². The summed E-state index contributed by atoms with van der Waals surface area (Å²) in [6.45, 7) is 12.7. The minimum Gasteiger partial charge on any atom is -0.371 e. The highest BCUT2D eigenvalue weighted by molar-refractivity contribution is 6.06. The average Bonchev–Trinajstić information content (AvgIpc) is 3.73. The number of hydrogen-bond donors (Lipinski definition) is 2. The van der Waals surface area contributed by atoms with Crippen LogP contribution in [0.25, 0.3) is 11.0 Å². The number of carbonyl (C=O) groups is 3. The van der Waals surface area contributed by atoms with Gasteiger partial charge in [-0.1, -0.05) is 18.9 Å². The second-order valence-electron chi connectivity index (χ2n) is 15.9. The van der Waals surface area contributed by atoms with Gasteiger partial charge in [-0.25, -0.2) is 14.8 Å². The molecule has 0 bridgehead atoms. The quantitative estimate of drug-likeness (QED) is 0.191. The highest BCUT2D eigenvalue weighted by Crippen LogP contribution is 2.33. The summed E-state index contributed by atoms with van der Waals surface area (Å²) in [4.78, 5) is 73.3. The van der Waals surface area contributed by atoms with Gasteiger partial charge in [-0.2, -0.15) is 4.98 Å². The molecule has 8 rings (SSSR count). The first-order valence-electron chi connectivity index (χ1n) is 20.2. The molecule has 14 heteroatoms. The molecule has 1 aromatic carbocycles. The molecule has 56 heavy (non-hydrogen) atoms. The molecule has 6 heterocycles. The number of anilines is 5. The van der Waals surface area contributed by atoms with Gasteiger partial charge < -0.3 is 15.1 Å². The number of amides is 3. The molecule has 3 aliphatic heterocycles. The van der Waals surface area contributed by atoms with Gasteiger partial charge in [0, 0.05) is 75.5 Å². The predicted molar refractivity (Wildman–Crippen MR) is 218 cm³/mol. The van der Waals surface area contributed by atoms with Crippen molar-refractivity contribution in [2.75, 3.05) is 72.4 Å². The van der Waals surface area contributed by atoms with Crippen LogP contribution >= 0.6 is 0 Å². The van der Waals surface area contributed by atoms with Crippen molar-refractivity contribution in [3.63, 3.8) is 0 Å². The van der Waals surface area contributed by atoms with Crippen molar-refractivity contribution in [1.82, 2.24) is 29.7 Å². The summed E-state index contributed by atoms with van der Waals surface area (Å²) in [5.41, 5.74) is 5.28. The zero-order chi connectivity index (χ0) is 38.9. The molecule has 14 nitrogen and oxygen atoms in total. The Bertz CT molecular complexity index is 2180. The number of nitrogens with one attached hydrogen (secondary N) is 2. The number of piperazine rings is 1. The number of rotatable bonds is 10. The van der Waals surface area contributed by atoms with Gasteiger partial charge in [0.1, 0.15) is 11.5 Å². The first-order chi connectivity index (χ1) is 27.1. The van der Waals surface area contributed by atoms with E-state index >= 15 is 0 Å². The van der Waals surface area contributed by atoms with E-state index in [1.807, 2.05) is 19.2 Å². The third-order valence-electron chi connectivity index (χ3n) is 12.3. The average molecular weight is 761 g/mol. The monoisotopic (exact) mass is 760 g/mol. The lowest BCUT2D eigenvalue weighted by Gasteiger charge is -2.38. The lowest BCUT2D eigenvalue weighted by atomic mass is 9.92. The van der Waals surface area contributed by atoms with Crippen LogP contribution in [-0.4, -0.2) is 94.5 Å². The molecule has 1 saturated carbocycles. The van der Waals surface area contributed by atoms with Crippen LogP contribution in [0.3, 0.4) is 0 Å². The van der Waals surface area contributed by atoms with Gasteiger partial charge in [-0.3, -0.25) is 34.1 Å². The summed E-state index contributed by atoms with van der Waals surface area (Å²) < 4.78 is 1.73. The zero-order valence-corrected chi connectivity index (χ0v) is 32.7. The van der Waals surface area contributed by atoms with E-state index in [4.69, 9.17) is 4.98 Å². The Morgan fingerprint density at radius 2 is 1.59 bits per heavy atom. The maximum atomic E-state index is 13.6. The molecule has 0 radical (unpaired) electrons. The summed E-state index contributed by atoms with van der Waals surface area (Å²) in [5.74, 6) is 1.24. The minimum absolute atomic E-state index is 0.0241. The van der Waals surface area contributed by atoms with E-state index in [0.717, 1.165) is 112 Å². The predicted octanol–water partition coefficient (Wildman–Crippen LogP) is 5.74. The van der Waals surface area contributed by atoms with E-state index in [1.54, 1.807) is 22.6 Å². The van der Waals surface area contributed by atoms with Crippen LogP contribution in [0.5, 0.6) is 0 Å². The van der Waals surface area contributed by atoms with E-state index in [-0.39, 0.29) is 34.9 Å². The number of pyridine rings is 2. The van der Waals surface area contributed by atoms with Crippen molar-refractivity contribution in [2.24, 2.45) is 5.92 Å². The Hall–Kier alpha value is -5.37. The van der Waals surface area contributed by atoms with Gasteiger partial charge >= 0.3 is 6.03 Å². The van der Waals surface area contributed by atoms with Crippen LogP contribution in [0.1, 0.15) is 85.8 Å². The van der Waals surface area contributed by atoms with E-state index in [2.05, 4.69) is 59.6 Å². The summed E-state index contributed by atoms with van der Waals surface area (Å²) in [6, 6.07) is 10.0. The van der Waals surface area contributed by atoms with Gasteiger partial charge in [-0.15, -0.1) is 0 Å². The first kappa shape index (κ1) is 37.5. The topological polar surface area (TPSA) is 149 Å². The van der Waals surface area contributed by atoms with Crippen LogP contribution < -0.4 is 30.9 Å². The number of imide groups is 1. The van der Waals surface area contributed by atoms with E-state index in [9.17, 15) is 19.2 Å². The molecule has 3 aromatic heterocycles. The molecule has 4 aliphatic rings. The van der Waals surface area contributed by atoms with Gasteiger partial charge in [-0.05, 0) is 101 Å². The summed E-state index contributed by atoms with van der Waals surface area (Å²) in [6.07, 6.45) is 11.3. The Kier molecular flexibility index (Phi) is 10.7. The number of ketones is 1. The minimum atomic E-state index is -0.340. The molecule has 4 aromatic rings. The normalized spacial score (nSPS) is 18.9. The fraction of sp³-hybridized carbons (Fsp3) is 0.500. The fourth-order valence-electron chi connectivity index (χ4n) is 9.02. The Morgan fingerprint density at radius 3 is 2.29 bits per heavy atom. The highest BCUT2D eigenvalue weighted by Gasteiger charge is 2.28. The summed E-state index contributed by atoms with van der Waals surface area (Å²) >= 11 is 0. The first-order valence-corrected chi connectivity index (χ1v) is 20.2. The molecule has 4 fully saturated rings. The third-order valence-corrected chi connectivity index (χ3v) is 12.3. The third kappa shape index (κ3) is 7.71. The smallest absolute Gasteiger partial charge is 0.328 e. The van der Waals surface area contributed by atoms with Crippen molar-refractivity contribution < 1.29 is 14.4 Å². The summed E-state index contributed by atoms with van der Waals surface area (Å²) in [7, 11) is 0. The zero-order valence-electron chi connectivity index (χ0n) is 32.7. The highest BCUT2D eigenvalue weighted by atomic mass is 16.2. The van der Waals surface area contributed by atoms with Gasteiger partial charge in [0.25, 0.3) is 5.56 Å². The van der Waals surface area contributed by atoms with Crippen LogP contribution in [0.4, 0.5) is 33.6 Å². The van der Waals surface area contributed by atoms with Crippen LogP contribution in [0.2, 0.25) is 0 Å². The number of Topliss-reactive ketones (excluding diaryl/α,β-unsaturated/α-hetero) is 1. The molecule has 3 amide bonds. The maximum absolute atomic E-state index is 13.6. The molecular weight excluding hydrogens is 709 g/mol.